The topological polar surface area (TPSA) is 38.7 Å². The quantitative estimate of drug-likeness (QED) is 0.890. The molecular weight excluding hydrogens is 240 g/mol. The molecule has 1 fully saturated rings. The molecule has 0 spiro atoms. The SMILES string of the molecule is CC1(C)COc2ccc(C(O)C3CCCOC3)cc21. The van der Waals surface area contributed by atoms with Crippen LogP contribution in [0.2, 0.25) is 0 Å². The summed E-state index contributed by atoms with van der Waals surface area (Å²) in [6, 6.07) is 6.09. The molecule has 19 heavy (non-hydrogen) atoms. The smallest absolute Gasteiger partial charge is 0.123 e. The fourth-order valence-electron chi connectivity index (χ4n) is 3.01. The van der Waals surface area contributed by atoms with E-state index < -0.39 is 6.10 Å². The van der Waals surface area contributed by atoms with Gasteiger partial charge in [-0.1, -0.05) is 19.9 Å². The highest BCUT2D eigenvalue weighted by Gasteiger charge is 2.33. The van der Waals surface area contributed by atoms with E-state index in [0.717, 1.165) is 30.8 Å². The zero-order valence-electron chi connectivity index (χ0n) is 11.7. The van der Waals surface area contributed by atoms with Crippen LogP contribution in [0.25, 0.3) is 0 Å². The van der Waals surface area contributed by atoms with Crippen LogP contribution in [0.5, 0.6) is 5.75 Å². The van der Waals surface area contributed by atoms with E-state index in [-0.39, 0.29) is 11.3 Å². The van der Waals surface area contributed by atoms with Crippen molar-refractivity contribution in [3.63, 3.8) is 0 Å². The van der Waals surface area contributed by atoms with Crippen LogP contribution in [0.4, 0.5) is 0 Å². The predicted octanol–water partition coefficient (Wildman–Crippen LogP) is 2.82. The van der Waals surface area contributed by atoms with Crippen molar-refractivity contribution in [3.8, 4) is 5.75 Å². The van der Waals surface area contributed by atoms with E-state index in [0.29, 0.717) is 13.2 Å². The third-order valence-electron chi connectivity index (χ3n) is 4.30. The Labute approximate surface area is 114 Å². The lowest BCUT2D eigenvalue weighted by Crippen LogP contribution is -2.24. The maximum atomic E-state index is 10.5. The molecule has 0 aliphatic carbocycles. The number of hydrogen-bond donors (Lipinski definition) is 1. The van der Waals surface area contributed by atoms with Crippen molar-refractivity contribution >= 4 is 0 Å². The summed E-state index contributed by atoms with van der Waals surface area (Å²) < 4.78 is 11.2. The molecule has 3 rings (SSSR count). The van der Waals surface area contributed by atoms with E-state index in [9.17, 15) is 5.11 Å². The van der Waals surface area contributed by atoms with Crippen LogP contribution in [-0.4, -0.2) is 24.9 Å². The molecule has 0 saturated carbocycles. The first-order valence-electron chi connectivity index (χ1n) is 7.11. The summed E-state index contributed by atoms with van der Waals surface area (Å²) in [6.07, 6.45) is 1.65. The van der Waals surface area contributed by atoms with Crippen molar-refractivity contribution in [1.82, 2.24) is 0 Å². The Bertz CT molecular complexity index is 461. The third kappa shape index (κ3) is 2.37. The maximum Gasteiger partial charge on any atom is 0.123 e. The summed E-state index contributed by atoms with van der Waals surface area (Å²) in [7, 11) is 0. The molecule has 0 radical (unpaired) electrons. The first-order valence-corrected chi connectivity index (χ1v) is 7.11. The number of aliphatic hydroxyl groups is 1. The minimum Gasteiger partial charge on any atom is -0.492 e. The molecule has 0 bridgehead atoms. The Morgan fingerprint density at radius 1 is 1.37 bits per heavy atom. The number of fused-ring (bicyclic) bond motifs is 1. The minimum atomic E-state index is -0.429. The van der Waals surface area contributed by atoms with Crippen molar-refractivity contribution in [2.24, 2.45) is 5.92 Å². The third-order valence-corrected chi connectivity index (χ3v) is 4.30. The van der Waals surface area contributed by atoms with Crippen LogP contribution in [0, 0.1) is 5.92 Å². The van der Waals surface area contributed by atoms with E-state index in [2.05, 4.69) is 19.9 Å². The van der Waals surface area contributed by atoms with Gasteiger partial charge < -0.3 is 14.6 Å². The van der Waals surface area contributed by atoms with Gasteiger partial charge in [-0.05, 0) is 30.5 Å². The van der Waals surface area contributed by atoms with Crippen molar-refractivity contribution in [1.29, 1.82) is 0 Å². The van der Waals surface area contributed by atoms with Crippen molar-refractivity contribution in [3.05, 3.63) is 29.3 Å². The highest BCUT2D eigenvalue weighted by atomic mass is 16.5. The van der Waals surface area contributed by atoms with E-state index in [1.165, 1.54) is 5.56 Å². The number of rotatable bonds is 2. The molecule has 1 aromatic rings. The van der Waals surface area contributed by atoms with E-state index >= 15 is 0 Å². The zero-order chi connectivity index (χ0) is 13.5. The average molecular weight is 262 g/mol. The number of benzene rings is 1. The van der Waals surface area contributed by atoms with Crippen molar-refractivity contribution in [2.45, 2.75) is 38.2 Å². The van der Waals surface area contributed by atoms with Gasteiger partial charge in [0.15, 0.2) is 0 Å². The average Bonchev–Trinajstić information content (AvgIpc) is 2.74. The van der Waals surface area contributed by atoms with E-state index in [1.807, 2.05) is 12.1 Å². The monoisotopic (exact) mass is 262 g/mol. The van der Waals surface area contributed by atoms with Gasteiger partial charge in [0.2, 0.25) is 0 Å². The molecule has 1 N–H and O–H groups in total. The van der Waals surface area contributed by atoms with Crippen LogP contribution in [0.15, 0.2) is 18.2 Å². The Hall–Kier alpha value is -1.06. The highest BCUT2D eigenvalue weighted by molar-refractivity contribution is 5.45. The molecule has 2 heterocycles. The Kier molecular flexibility index (Phi) is 3.27. The summed E-state index contributed by atoms with van der Waals surface area (Å²) in [5.74, 6) is 1.18. The second-order valence-corrected chi connectivity index (χ2v) is 6.35. The van der Waals surface area contributed by atoms with Crippen LogP contribution in [-0.2, 0) is 10.2 Å². The largest absolute Gasteiger partial charge is 0.492 e. The number of aliphatic hydroxyl groups excluding tert-OH is 1. The lowest BCUT2D eigenvalue weighted by Gasteiger charge is -2.27. The molecule has 0 amide bonds. The predicted molar refractivity (Wildman–Crippen MR) is 73.5 cm³/mol. The minimum absolute atomic E-state index is 0.0358. The Morgan fingerprint density at radius 2 is 2.21 bits per heavy atom. The van der Waals surface area contributed by atoms with Crippen molar-refractivity contribution < 1.29 is 14.6 Å². The van der Waals surface area contributed by atoms with Gasteiger partial charge in [0.25, 0.3) is 0 Å². The van der Waals surface area contributed by atoms with Gasteiger partial charge >= 0.3 is 0 Å². The first kappa shape index (κ1) is 12.9. The number of ether oxygens (including phenoxy) is 2. The molecule has 104 valence electrons. The normalized spacial score (nSPS) is 26.6. The summed E-state index contributed by atoms with van der Waals surface area (Å²) in [6.45, 7) is 6.57. The van der Waals surface area contributed by atoms with Crippen LogP contribution >= 0.6 is 0 Å². The Balaban J connectivity index is 1.85. The van der Waals surface area contributed by atoms with Gasteiger partial charge in [-0.25, -0.2) is 0 Å². The summed E-state index contributed by atoms with van der Waals surface area (Å²) in [4.78, 5) is 0. The molecule has 2 unspecified atom stereocenters. The van der Waals surface area contributed by atoms with E-state index in [4.69, 9.17) is 9.47 Å². The van der Waals surface area contributed by atoms with Gasteiger partial charge in [-0.3, -0.25) is 0 Å². The second-order valence-electron chi connectivity index (χ2n) is 6.35. The fraction of sp³-hybridized carbons (Fsp3) is 0.625. The first-order chi connectivity index (χ1) is 9.08. The van der Waals surface area contributed by atoms with Gasteiger partial charge in [-0.15, -0.1) is 0 Å². The van der Waals surface area contributed by atoms with Crippen LogP contribution in [0.1, 0.15) is 43.9 Å². The van der Waals surface area contributed by atoms with Gasteiger partial charge in [0.05, 0.1) is 19.3 Å². The molecule has 0 aromatic heterocycles. The van der Waals surface area contributed by atoms with Gasteiger partial charge in [0, 0.05) is 23.5 Å². The summed E-state index contributed by atoms with van der Waals surface area (Å²) in [5, 5.41) is 10.5. The molecule has 1 saturated heterocycles. The molecule has 2 aliphatic rings. The molecule has 3 heteroatoms. The fourth-order valence-corrected chi connectivity index (χ4v) is 3.01. The second kappa shape index (κ2) is 4.80. The maximum absolute atomic E-state index is 10.5. The highest BCUT2D eigenvalue weighted by Crippen LogP contribution is 2.40. The molecule has 2 aliphatic heterocycles. The van der Waals surface area contributed by atoms with E-state index in [1.54, 1.807) is 0 Å². The number of hydrogen-bond acceptors (Lipinski definition) is 3. The molecular formula is C16H22O3. The van der Waals surface area contributed by atoms with Crippen molar-refractivity contribution in [2.75, 3.05) is 19.8 Å². The standard InChI is InChI=1S/C16H22O3/c1-16(2)10-19-14-6-5-11(8-13(14)16)15(17)12-4-3-7-18-9-12/h5-6,8,12,15,17H,3-4,7,9-10H2,1-2H3. The summed E-state index contributed by atoms with van der Waals surface area (Å²) in [5.41, 5.74) is 2.24. The molecule has 1 aromatic carbocycles. The lowest BCUT2D eigenvalue weighted by atomic mass is 9.84. The zero-order valence-corrected chi connectivity index (χ0v) is 11.7. The van der Waals surface area contributed by atoms with Gasteiger partial charge in [0.1, 0.15) is 5.75 Å². The van der Waals surface area contributed by atoms with Crippen LogP contribution < -0.4 is 4.74 Å². The lowest BCUT2D eigenvalue weighted by molar-refractivity contribution is -0.00999. The molecule has 2 atom stereocenters. The van der Waals surface area contributed by atoms with Crippen LogP contribution in [0.3, 0.4) is 0 Å². The Morgan fingerprint density at radius 3 is 2.95 bits per heavy atom. The van der Waals surface area contributed by atoms with Gasteiger partial charge in [-0.2, -0.15) is 0 Å². The summed E-state index contributed by atoms with van der Waals surface area (Å²) >= 11 is 0. The molecule has 3 nitrogen and oxygen atoms in total.